The molecule has 110 valence electrons. The maximum atomic E-state index is 14.0. The zero-order chi connectivity index (χ0) is 15.1. The number of ketones is 1. The molecule has 2 heterocycles. The van der Waals surface area contributed by atoms with E-state index in [-0.39, 0.29) is 17.5 Å². The van der Waals surface area contributed by atoms with Gasteiger partial charge in [-0.1, -0.05) is 12.1 Å². The van der Waals surface area contributed by atoms with Crippen LogP contribution in [-0.2, 0) is 6.42 Å². The second-order valence-corrected chi connectivity index (χ2v) is 5.41. The van der Waals surface area contributed by atoms with Crippen molar-refractivity contribution in [2.24, 2.45) is 0 Å². The highest BCUT2D eigenvalue weighted by Crippen LogP contribution is 2.34. The lowest BCUT2D eigenvalue weighted by atomic mass is 9.85. The minimum absolute atomic E-state index is 0.0187. The Morgan fingerprint density at radius 1 is 1.18 bits per heavy atom. The summed E-state index contributed by atoms with van der Waals surface area (Å²) in [4.78, 5) is 12.3. The van der Waals surface area contributed by atoms with Crippen LogP contribution in [0.25, 0.3) is 5.69 Å². The van der Waals surface area contributed by atoms with Gasteiger partial charge in [0.15, 0.2) is 5.78 Å². The molecule has 0 bridgehead atoms. The standard InChI is InChI=1S/C17H13FN2O2/c18-13-4-1-2-5-14(13)20-15-8-11(17-6-3-7-22-17)9-16(21)12(15)10-19-20/h1-7,10-11H,8-9H2. The molecule has 0 fully saturated rings. The molecule has 1 atom stereocenters. The molecule has 1 aromatic carbocycles. The minimum atomic E-state index is -0.360. The van der Waals surface area contributed by atoms with E-state index in [1.54, 1.807) is 24.5 Å². The van der Waals surface area contributed by atoms with E-state index in [1.165, 1.54) is 16.9 Å². The van der Waals surface area contributed by atoms with Crippen LogP contribution in [0, 0.1) is 5.82 Å². The number of Topliss-reactive ketones (excluding diaryl/α,β-unsaturated/α-hetero) is 1. The first-order valence-electron chi connectivity index (χ1n) is 7.12. The lowest BCUT2D eigenvalue weighted by Crippen LogP contribution is -2.20. The summed E-state index contributed by atoms with van der Waals surface area (Å²) in [6.07, 6.45) is 4.12. The predicted molar refractivity (Wildman–Crippen MR) is 77.6 cm³/mol. The fourth-order valence-electron chi connectivity index (χ4n) is 3.00. The Labute approximate surface area is 126 Å². The molecular formula is C17H13FN2O2. The SMILES string of the molecule is O=C1CC(c2ccco2)Cc2c1cnn2-c1ccccc1F. The van der Waals surface area contributed by atoms with Gasteiger partial charge in [0, 0.05) is 18.8 Å². The van der Waals surface area contributed by atoms with Gasteiger partial charge in [0.2, 0.25) is 0 Å². The van der Waals surface area contributed by atoms with Crippen LogP contribution in [0.1, 0.15) is 34.2 Å². The molecule has 0 radical (unpaired) electrons. The fraction of sp³-hybridized carbons (Fsp3) is 0.176. The Bertz CT molecular complexity index is 836. The van der Waals surface area contributed by atoms with Crippen LogP contribution in [0.4, 0.5) is 4.39 Å². The number of nitrogens with zero attached hydrogens (tertiary/aromatic N) is 2. The molecule has 1 aliphatic rings. The number of carbonyl (C=O) groups excluding carboxylic acids is 1. The van der Waals surface area contributed by atoms with Crippen molar-refractivity contribution in [3.63, 3.8) is 0 Å². The zero-order valence-corrected chi connectivity index (χ0v) is 11.7. The summed E-state index contributed by atoms with van der Waals surface area (Å²) >= 11 is 0. The summed E-state index contributed by atoms with van der Waals surface area (Å²) in [5.74, 6) is 0.406. The molecule has 3 aromatic rings. The number of halogens is 1. The molecule has 0 N–H and O–H groups in total. The van der Waals surface area contributed by atoms with Crippen molar-refractivity contribution in [1.82, 2.24) is 9.78 Å². The van der Waals surface area contributed by atoms with Crippen LogP contribution in [0.15, 0.2) is 53.3 Å². The van der Waals surface area contributed by atoms with Gasteiger partial charge in [-0.15, -0.1) is 0 Å². The average Bonchev–Trinajstić information content (AvgIpc) is 3.17. The molecule has 0 aliphatic heterocycles. The van der Waals surface area contributed by atoms with E-state index >= 15 is 0 Å². The van der Waals surface area contributed by atoms with E-state index in [0.717, 1.165) is 11.5 Å². The van der Waals surface area contributed by atoms with Gasteiger partial charge in [-0.25, -0.2) is 9.07 Å². The smallest absolute Gasteiger partial charge is 0.167 e. The van der Waals surface area contributed by atoms with E-state index in [4.69, 9.17) is 4.42 Å². The quantitative estimate of drug-likeness (QED) is 0.727. The van der Waals surface area contributed by atoms with Gasteiger partial charge >= 0.3 is 0 Å². The number of rotatable bonds is 2. The largest absolute Gasteiger partial charge is 0.469 e. The van der Waals surface area contributed by atoms with E-state index in [9.17, 15) is 9.18 Å². The number of para-hydroxylation sites is 1. The van der Waals surface area contributed by atoms with E-state index in [0.29, 0.717) is 24.1 Å². The fourth-order valence-corrected chi connectivity index (χ4v) is 3.00. The van der Waals surface area contributed by atoms with Crippen molar-refractivity contribution in [1.29, 1.82) is 0 Å². The molecule has 1 unspecified atom stereocenters. The lowest BCUT2D eigenvalue weighted by Gasteiger charge is -2.21. The Morgan fingerprint density at radius 3 is 2.82 bits per heavy atom. The van der Waals surface area contributed by atoms with Gasteiger partial charge in [0.25, 0.3) is 0 Å². The number of carbonyl (C=O) groups is 1. The maximum absolute atomic E-state index is 14.0. The number of hydrogen-bond acceptors (Lipinski definition) is 3. The lowest BCUT2D eigenvalue weighted by molar-refractivity contribution is 0.0959. The summed E-state index contributed by atoms with van der Waals surface area (Å²) in [7, 11) is 0. The van der Waals surface area contributed by atoms with Crippen molar-refractivity contribution < 1.29 is 13.6 Å². The van der Waals surface area contributed by atoms with Crippen LogP contribution in [-0.4, -0.2) is 15.6 Å². The number of benzene rings is 1. The molecule has 4 nitrogen and oxygen atoms in total. The van der Waals surface area contributed by atoms with Gasteiger partial charge in [-0.3, -0.25) is 4.79 Å². The maximum Gasteiger partial charge on any atom is 0.167 e. The number of furan rings is 1. The van der Waals surface area contributed by atoms with Crippen molar-refractivity contribution >= 4 is 5.78 Å². The van der Waals surface area contributed by atoms with Gasteiger partial charge in [-0.05, 0) is 24.3 Å². The van der Waals surface area contributed by atoms with Crippen molar-refractivity contribution in [3.05, 3.63) is 71.7 Å². The average molecular weight is 296 g/mol. The van der Waals surface area contributed by atoms with E-state index in [2.05, 4.69) is 5.10 Å². The molecule has 4 rings (SSSR count). The molecule has 0 spiro atoms. The van der Waals surface area contributed by atoms with Crippen LogP contribution in [0.5, 0.6) is 0 Å². The Hall–Kier alpha value is -2.69. The zero-order valence-electron chi connectivity index (χ0n) is 11.7. The molecule has 22 heavy (non-hydrogen) atoms. The molecule has 0 amide bonds. The summed E-state index contributed by atoms with van der Waals surface area (Å²) < 4.78 is 21.0. The van der Waals surface area contributed by atoms with Gasteiger partial charge in [0.1, 0.15) is 17.3 Å². The van der Waals surface area contributed by atoms with Gasteiger partial charge in [0.05, 0.1) is 23.7 Å². The second-order valence-electron chi connectivity index (χ2n) is 5.41. The Morgan fingerprint density at radius 2 is 2.05 bits per heavy atom. The van der Waals surface area contributed by atoms with Crippen LogP contribution >= 0.6 is 0 Å². The predicted octanol–water partition coefficient (Wildman–Crippen LogP) is 3.52. The summed E-state index contributed by atoms with van der Waals surface area (Å²) in [6, 6.07) is 10.1. The summed E-state index contributed by atoms with van der Waals surface area (Å²) in [6.45, 7) is 0. The first kappa shape index (κ1) is 13.0. The third-order valence-electron chi connectivity index (χ3n) is 4.07. The second kappa shape index (κ2) is 4.94. The summed E-state index contributed by atoms with van der Waals surface area (Å²) in [5.41, 5.74) is 1.67. The molecule has 2 aromatic heterocycles. The Kier molecular flexibility index (Phi) is 2.92. The molecule has 1 aliphatic carbocycles. The molecular weight excluding hydrogens is 283 g/mol. The molecule has 5 heteroatoms. The Balaban J connectivity index is 1.80. The highest BCUT2D eigenvalue weighted by Gasteiger charge is 2.31. The minimum Gasteiger partial charge on any atom is -0.469 e. The first-order chi connectivity index (χ1) is 10.7. The van der Waals surface area contributed by atoms with Crippen LogP contribution in [0.3, 0.4) is 0 Å². The monoisotopic (exact) mass is 296 g/mol. The molecule has 0 saturated carbocycles. The third-order valence-corrected chi connectivity index (χ3v) is 4.07. The normalized spacial score (nSPS) is 17.5. The first-order valence-corrected chi connectivity index (χ1v) is 7.12. The topological polar surface area (TPSA) is 48.0 Å². The van der Waals surface area contributed by atoms with Crippen molar-refractivity contribution in [3.8, 4) is 5.69 Å². The highest BCUT2D eigenvalue weighted by atomic mass is 19.1. The van der Waals surface area contributed by atoms with Crippen LogP contribution in [0.2, 0.25) is 0 Å². The highest BCUT2D eigenvalue weighted by molar-refractivity contribution is 5.98. The third kappa shape index (κ3) is 1.97. The van der Waals surface area contributed by atoms with Gasteiger partial charge in [-0.2, -0.15) is 5.10 Å². The summed E-state index contributed by atoms with van der Waals surface area (Å²) in [5, 5.41) is 4.22. The van der Waals surface area contributed by atoms with Gasteiger partial charge < -0.3 is 4.42 Å². The van der Waals surface area contributed by atoms with E-state index < -0.39 is 0 Å². The molecule has 0 saturated heterocycles. The van der Waals surface area contributed by atoms with Crippen molar-refractivity contribution in [2.45, 2.75) is 18.8 Å². The van der Waals surface area contributed by atoms with E-state index in [1.807, 2.05) is 12.1 Å². The number of hydrogen-bond donors (Lipinski definition) is 0. The number of aromatic nitrogens is 2. The van der Waals surface area contributed by atoms with Crippen molar-refractivity contribution in [2.75, 3.05) is 0 Å². The van der Waals surface area contributed by atoms with Crippen LogP contribution < -0.4 is 0 Å². The number of fused-ring (bicyclic) bond motifs is 1.